The predicted octanol–water partition coefficient (Wildman–Crippen LogP) is 5.30. The molecule has 1 aromatic heterocycles. The molecule has 5 nitrogen and oxygen atoms in total. The third-order valence-electron chi connectivity index (χ3n) is 2.91. The Morgan fingerprint density at radius 1 is 1.00 bits per heavy atom. The second kappa shape index (κ2) is 7.12. The zero-order valence-corrected chi connectivity index (χ0v) is 14.2. The van der Waals surface area contributed by atoms with Gasteiger partial charge in [0.1, 0.15) is 10.8 Å². The Balaban J connectivity index is 1.68. The molecular weight excluding hydrogens is 374 g/mol. The van der Waals surface area contributed by atoms with Crippen molar-refractivity contribution in [3.05, 3.63) is 58.3 Å². The normalized spacial score (nSPS) is 10.5. The number of halogens is 3. The molecule has 0 aliphatic heterocycles. The molecule has 0 radical (unpaired) electrons. The minimum absolute atomic E-state index is 0.315. The summed E-state index contributed by atoms with van der Waals surface area (Å²) in [6.07, 6.45) is 0. The van der Waals surface area contributed by atoms with Crippen LogP contribution in [0.5, 0.6) is 0 Å². The van der Waals surface area contributed by atoms with Gasteiger partial charge in [0, 0.05) is 11.3 Å². The van der Waals surface area contributed by atoms with Crippen LogP contribution in [-0.2, 0) is 0 Å². The first-order chi connectivity index (χ1) is 11.5. The molecule has 0 saturated carbocycles. The molecule has 0 saturated heterocycles. The first-order valence-corrected chi connectivity index (χ1v) is 8.21. The monoisotopic (exact) mass is 382 g/mol. The van der Waals surface area contributed by atoms with E-state index in [1.54, 1.807) is 18.2 Å². The van der Waals surface area contributed by atoms with Gasteiger partial charge in [0.05, 0.1) is 10.0 Å². The molecular formula is C15H9Cl2FN4OS. The van der Waals surface area contributed by atoms with E-state index in [4.69, 9.17) is 23.2 Å². The van der Waals surface area contributed by atoms with Crippen molar-refractivity contribution < 1.29 is 9.18 Å². The molecule has 0 unspecified atom stereocenters. The summed E-state index contributed by atoms with van der Waals surface area (Å²) in [7, 11) is 0. The molecule has 9 heteroatoms. The number of aromatic nitrogens is 2. The third kappa shape index (κ3) is 4.00. The number of benzene rings is 2. The second-order valence-electron chi connectivity index (χ2n) is 4.63. The Bertz CT molecular complexity index is 885. The number of hydrogen-bond acceptors (Lipinski definition) is 4. The average molecular weight is 383 g/mol. The van der Waals surface area contributed by atoms with Gasteiger partial charge in [-0.1, -0.05) is 40.6 Å². The van der Waals surface area contributed by atoms with E-state index in [-0.39, 0.29) is 5.82 Å². The topological polar surface area (TPSA) is 66.9 Å². The van der Waals surface area contributed by atoms with E-state index in [1.165, 1.54) is 35.6 Å². The molecule has 2 amide bonds. The molecule has 0 atom stereocenters. The van der Waals surface area contributed by atoms with Crippen LogP contribution in [0.15, 0.2) is 42.5 Å². The molecule has 0 aliphatic carbocycles. The quantitative estimate of drug-likeness (QED) is 0.645. The molecule has 3 aromatic rings. The van der Waals surface area contributed by atoms with Crippen LogP contribution in [0.2, 0.25) is 10.0 Å². The summed E-state index contributed by atoms with van der Waals surface area (Å²) in [5.41, 5.74) is 1.21. The highest BCUT2D eigenvalue weighted by Gasteiger charge is 2.11. The number of urea groups is 1. The zero-order chi connectivity index (χ0) is 17.1. The molecule has 0 bridgehead atoms. The largest absolute Gasteiger partial charge is 0.325 e. The van der Waals surface area contributed by atoms with Gasteiger partial charge in [0.2, 0.25) is 5.13 Å². The minimum atomic E-state index is -0.501. The summed E-state index contributed by atoms with van der Waals surface area (Å²) in [5, 5.41) is 14.8. The maximum absolute atomic E-state index is 12.8. The fraction of sp³-hybridized carbons (Fsp3) is 0. The Labute approximate surface area is 150 Å². The standard InChI is InChI=1S/C15H9Cl2FN4OS/c16-11-6-1-8(7-12(11)17)13-21-22-15(24-13)20-14(23)19-10-4-2-9(18)3-5-10/h1-7H,(H2,19,20,22,23). The summed E-state index contributed by atoms with van der Waals surface area (Å²) in [6.45, 7) is 0. The Morgan fingerprint density at radius 3 is 2.46 bits per heavy atom. The molecule has 0 aliphatic rings. The van der Waals surface area contributed by atoms with Crippen LogP contribution in [-0.4, -0.2) is 16.2 Å². The molecule has 122 valence electrons. The van der Waals surface area contributed by atoms with E-state index in [1.807, 2.05) is 0 Å². The molecule has 2 aromatic carbocycles. The number of anilines is 2. The lowest BCUT2D eigenvalue weighted by molar-refractivity contribution is 0.262. The van der Waals surface area contributed by atoms with Crippen molar-refractivity contribution in [2.24, 2.45) is 0 Å². The Kier molecular flexibility index (Phi) is 4.94. The fourth-order valence-electron chi connectivity index (χ4n) is 1.81. The maximum Gasteiger partial charge on any atom is 0.325 e. The first kappa shape index (κ1) is 16.6. The van der Waals surface area contributed by atoms with Crippen molar-refractivity contribution in [1.82, 2.24) is 10.2 Å². The van der Waals surface area contributed by atoms with Crippen molar-refractivity contribution in [1.29, 1.82) is 0 Å². The number of carbonyl (C=O) groups is 1. The van der Waals surface area contributed by atoms with Crippen molar-refractivity contribution in [3.8, 4) is 10.6 Å². The van der Waals surface area contributed by atoms with Crippen LogP contribution in [0.1, 0.15) is 0 Å². The molecule has 24 heavy (non-hydrogen) atoms. The lowest BCUT2D eigenvalue weighted by atomic mass is 10.2. The Hall–Kier alpha value is -2.22. The van der Waals surface area contributed by atoms with Crippen LogP contribution >= 0.6 is 34.5 Å². The van der Waals surface area contributed by atoms with Gasteiger partial charge in [-0.3, -0.25) is 5.32 Å². The summed E-state index contributed by atoms with van der Waals surface area (Å²) >= 11 is 13.0. The third-order valence-corrected chi connectivity index (χ3v) is 4.54. The average Bonchev–Trinajstić information content (AvgIpc) is 3.00. The number of hydrogen-bond donors (Lipinski definition) is 2. The highest BCUT2D eigenvalue weighted by atomic mass is 35.5. The van der Waals surface area contributed by atoms with E-state index in [0.29, 0.717) is 25.9 Å². The van der Waals surface area contributed by atoms with Crippen molar-refractivity contribution >= 4 is 51.4 Å². The zero-order valence-electron chi connectivity index (χ0n) is 11.9. The number of rotatable bonds is 3. The van der Waals surface area contributed by atoms with Gasteiger partial charge in [-0.25, -0.2) is 9.18 Å². The van der Waals surface area contributed by atoms with Gasteiger partial charge >= 0.3 is 6.03 Å². The maximum atomic E-state index is 12.8. The first-order valence-electron chi connectivity index (χ1n) is 6.64. The predicted molar refractivity (Wildman–Crippen MR) is 94.4 cm³/mol. The number of nitrogens with zero attached hydrogens (tertiary/aromatic N) is 2. The van der Waals surface area contributed by atoms with E-state index in [9.17, 15) is 9.18 Å². The van der Waals surface area contributed by atoms with Crippen LogP contribution in [0.3, 0.4) is 0 Å². The lowest BCUT2D eigenvalue weighted by Crippen LogP contribution is -2.19. The summed E-state index contributed by atoms with van der Waals surface area (Å²) in [4.78, 5) is 11.9. The number of carbonyl (C=O) groups excluding carboxylic acids is 1. The van der Waals surface area contributed by atoms with Gasteiger partial charge in [-0.05, 0) is 36.4 Å². The molecule has 0 fully saturated rings. The van der Waals surface area contributed by atoms with E-state index in [0.717, 1.165) is 5.56 Å². The van der Waals surface area contributed by atoms with Gasteiger partial charge < -0.3 is 5.32 Å². The van der Waals surface area contributed by atoms with E-state index >= 15 is 0 Å². The Morgan fingerprint density at radius 2 is 1.75 bits per heavy atom. The minimum Gasteiger partial charge on any atom is -0.308 e. The SMILES string of the molecule is O=C(Nc1ccc(F)cc1)Nc1nnc(-c2ccc(Cl)c(Cl)c2)s1. The van der Waals surface area contributed by atoms with Gasteiger partial charge in [-0.15, -0.1) is 10.2 Å². The van der Waals surface area contributed by atoms with Gasteiger partial charge in [0.25, 0.3) is 0 Å². The summed E-state index contributed by atoms with van der Waals surface area (Å²) < 4.78 is 12.8. The van der Waals surface area contributed by atoms with E-state index in [2.05, 4.69) is 20.8 Å². The van der Waals surface area contributed by atoms with Crippen LogP contribution in [0, 0.1) is 5.82 Å². The van der Waals surface area contributed by atoms with Crippen molar-refractivity contribution in [2.45, 2.75) is 0 Å². The molecule has 1 heterocycles. The molecule has 3 rings (SSSR count). The van der Waals surface area contributed by atoms with E-state index < -0.39 is 6.03 Å². The van der Waals surface area contributed by atoms with Crippen molar-refractivity contribution in [3.63, 3.8) is 0 Å². The molecule has 2 N–H and O–H groups in total. The summed E-state index contributed by atoms with van der Waals surface area (Å²) in [5.74, 6) is -0.378. The summed E-state index contributed by atoms with van der Waals surface area (Å²) in [6, 6.07) is 10.0. The molecule has 0 spiro atoms. The fourth-order valence-corrected chi connectivity index (χ4v) is 2.85. The van der Waals surface area contributed by atoms with Crippen LogP contribution in [0.4, 0.5) is 20.0 Å². The van der Waals surface area contributed by atoms with Gasteiger partial charge in [0.15, 0.2) is 0 Å². The highest BCUT2D eigenvalue weighted by molar-refractivity contribution is 7.18. The van der Waals surface area contributed by atoms with Crippen molar-refractivity contribution in [2.75, 3.05) is 10.6 Å². The number of amides is 2. The lowest BCUT2D eigenvalue weighted by Gasteiger charge is -2.04. The smallest absolute Gasteiger partial charge is 0.308 e. The van der Waals surface area contributed by atoms with Crippen LogP contribution < -0.4 is 10.6 Å². The van der Waals surface area contributed by atoms with Gasteiger partial charge in [-0.2, -0.15) is 0 Å². The van der Waals surface area contributed by atoms with Crippen LogP contribution in [0.25, 0.3) is 10.6 Å². The number of nitrogens with one attached hydrogen (secondary N) is 2. The second-order valence-corrected chi connectivity index (χ2v) is 6.42. The highest BCUT2D eigenvalue weighted by Crippen LogP contribution is 2.31.